The van der Waals surface area contributed by atoms with Crippen molar-refractivity contribution in [1.29, 1.82) is 0 Å². The molecule has 2 aromatic rings. The van der Waals surface area contributed by atoms with Crippen LogP contribution in [0.2, 0.25) is 5.02 Å². The van der Waals surface area contributed by atoms with Gasteiger partial charge in [-0.2, -0.15) is 0 Å². The van der Waals surface area contributed by atoms with Gasteiger partial charge < -0.3 is 5.32 Å². The zero-order valence-electron chi connectivity index (χ0n) is 12.1. The van der Waals surface area contributed by atoms with Crippen molar-refractivity contribution in [3.8, 4) is 0 Å². The fraction of sp³-hybridized carbons (Fsp3) is 0.294. The molecule has 2 aromatic carbocycles. The highest BCUT2D eigenvalue weighted by Crippen LogP contribution is 2.28. The average Bonchev–Trinajstić information content (AvgIpc) is 2.45. The lowest BCUT2D eigenvalue weighted by atomic mass is 9.96. The highest BCUT2D eigenvalue weighted by atomic mass is 35.5. The van der Waals surface area contributed by atoms with Gasteiger partial charge in [0.2, 0.25) is 0 Å². The van der Waals surface area contributed by atoms with Crippen LogP contribution in [-0.4, -0.2) is 6.54 Å². The fourth-order valence-corrected chi connectivity index (χ4v) is 2.68. The normalized spacial score (nSPS) is 12.4. The van der Waals surface area contributed by atoms with E-state index in [1.165, 1.54) is 11.6 Å². The SMILES string of the molecule is CCNC(Cc1ccccc1C)c1cc(F)c(F)cc1Cl. The van der Waals surface area contributed by atoms with E-state index in [9.17, 15) is 8.78 Å². The van der Waals surface area contributed by atoms with E-state index in [0.717, 1.165) is 11.6 Å². The molecule has 1 N–H and O–H groups in total. The van der Waals surface area contributed by atoms with Crippen LogP contribution < -0.4 is 5.32 Å². The molecule has 0 spiro atoms. The molecule has 0 fully saturated rings. The molecule has 1 unspecified atom stereocenters. The van der Waals surface area contributed by atoms with Crippen LogP contribution in [0.15, 0.2) is 36.4 Å². The van der Waals surface area contributed by atoms with Gasteiger partial charge in [-0.3, -0.25) is 0 Å². The number of nitrogens with one attached hydrogen (secondary N) is 1. The molecule has 2 rings (SSSR count). The van der Waals surface area contributed by atoms with Gasteiger partial charge in [-0.15, -0.1) is 0 Å². The van der Waals surface area contributed by atoms with Gasteiger partial charge in [0, 0.05) is 11.1 Å². The van der Waals surface area contributed by atoms with Gasteiger partial charge >= 0.3 is 0 Å². The molecular weight excluding hydrogens is 292 g/mol. The Balaban J connectivity index is 2.35. The zero-order chi connectivity index (χ0) is 15.4. The molecule has 0 heterocycles. The minimum Gasteiger partial charge on any atom is -0.310 e. The van der Waals surface area contributed by atoms with Crippen molar-refractivity contribution >= 4 is 11.6 Å². The van der Waals surface area contributed by atoms with Crippen LogP contribution in [0.3, 0.4) is 0 Å². The molecule has 112 valence electrons. The highest BCUT2D eigenvalue weighted by Gasteiger charge is 2.18. The number of halogens is 3. The van der Waals surface area contributed by atoms with Crippen molar-refractivity contribution in [2.45, 2.75) is 26.3 Å². The Morgan fingerprint density at radius 3 is 2.48 bits per heavy atom. The Bertz CT molecular complexity index is 628. The minimum absolute atomic E-state index is 0.154. The van der Waals surface area contributed by atoms with Crippen LogP contribution in [0.5, 0.6) is 0 Å². The predicted octanol–water partition coefficient (Wildman–Crippen LogP) is 4.82. The third-order valence-electron chi connectivity index (χ3n) is 3.55. The zero-order valence-corrected chi connectivity index (χ0v) is 12.8. The first kappa shape index (κ1) is 15.9. The third kappa shape index (κ3) is 3.80. The topological polar surface area (TPSA) is 12.0 Å². The highest BCUT2D eigenvalue weighted by molar-refractivity contribution is 6.31. The van der Waals surface area contributed by atoms with E-state index >= 15 is 0 Å². The molecule has 0 amide bonds. The molecule has 0 aliphatic carbocycles. The first-order valence-corrected chi connectivity index (χ1v) is 7.33. The molecule has 0 radical (unpaired) electrons. The summed E-state index contributed by atoms with van der Waals surface area (Å²) in [5.41, 5.74) is 2.91. The summed E-state index contributed by atoms with van der Waals surface area (Å²) in [6, 6.07) is 10.1. The molecule has 0 aliphatic rings. The van der Waals surface area contributed by atoms with Gasteiger partial charge in [0.1, 0.15) is 0 Å². The standard InChI is InChI=1S/C17H18ClF2N/c1-3-21-17(8-12-7-5-4-6-11(12)2)13-9-15(19)16(20)10-14(13)18/h4-7,9-10,17,21H,3,8H2,1-2H3. The number of likely N-dealkylation sites (N-methyl/N-ethyl adjacent to an activating group) is 1. The van der Waals surface area contributed by atoms with E-state index in [1.54, 1.807) is 0 Å². The van der Waals surface area contributed by atoms with Gasteiger partial charge in [-0.05, 0) is 48.7 Å². The Morgan fingerprint density at radius 2 is 1.81 bits per heavy atom. The maximum absolute atomic E-state index is 13.5. The van der Waals surface area contributed by atoms with Crippen LogP contribution >= 0.6 is 11.6 Å². The second-order valence-electron chi connectivity index (χ2n) is 5.03. The maximum Gasteiger partial charge on any atom is 0.160 e. The predicted molar refractivity (Wildman–Crippen MR) is 82.7 cm³/mol. The monoisotopic (exact) mass is 309 g/mol. The van der Waals surface area contributed by atoms with Crippen molar-refractivity contribution in [3.05, 3.63) is 69.7 Å². The number of hydrogen-bond donors (Lipinski definition) is 1. The average molecular weight is 310 g/mol. The summed E-state index contributed by atoms with van der Waals surface area (Å²) in [7, 11) is 0. The first-order valence-electron chi connectivity index (χ1n) is 6.95. The molecule has 1 nitrogen and oxygen atoms in total. The van der Waals surface area contributed by atoms with E-state index < -0.39 is 11.6 Å². The van der Waals surface area contributed by atoms with Gasteiger partial charge in [-0.25, -0.2) is 8.78 Å². The van der Waals surface area contributed by atoms with Crippen LogP contribution in [0.25, 0.3) is 0 Å². The van der Waals surface area contributed by atoms with Crippen LogP contribution in [0.4, 0.5) is 8.78 Å². The van der Waals surface area contributed by atoms with E-state index in [-0.39, 0.29) is 11.1 Å². The van der Waals surface area contributed by atoms with Gasteiger partial charge in [0.15, 0.2) is 11.6 Å². The Labute approximate surface area is 128 Å². The minimum atomic E-state index is -0.921. The van der Waals surface area contributed by atoms with Crippen molar-refractivity contribution in [2.75, 3.05) is 6.54 Å². The van der Waals surface area contributed by atoms with E-state index in [1.807, 2.05) is 38.1 Å². The number of aryl methyl sites for hydroxylation is 1. The molecule has 4 heteroatoms. The van der Waals surface area contributed by atoms with Crippen molar-refractivity contribution in [1.82, 2.24) is 5.32 Å². The van der Waals surface area contributed by atoms with Gasteiger partial charge in [0.05, 0.1) is 0 Å². The van der Waals surface area contributed by atoms with Crippen molar-refractivity contribution in [3.63, 3.8) is 0 Å². The smallest absolute Gasteiger partial charge is 0.160 e. The van der Waals surface area contributed by atoms with E-state index in [0.29, 0.717) is 18.5 Å². The lowest BCUT2D eigenvalue weighted by molar-refractivity contribution is 0.497. The number of hydrogen-bond acceptors (Lipinski definition) is 1. The van der Waals surface area contributed by atoms with E-state index in [4.69, 9.17) is 11.6 Å². The summed E-state index contributed by atoms with van der Waals surface area (Å²) < 4.78 is 26.7. The summed E-state index contributed by atoms with van der Waals surface area (Å²) in [5, 5.41) is 3.53. The molecule has 0 aliphatic heterocycles. The Kier molecular flexibility index (Phi) is 5.32. The Hall–Kier alpha value is -1.45. The molecular formula is C17H18ClF2N. The summed E-state index contributed by atoms with van der Waals surface area (Å²) >= 11 is 6.09. The maximum atomic E-state index is 13.5. The molecule has 0 aromatic heterocycles. The summed E-state index contributed by atoms with van der Waals surface area (Å²) in [6.45, 7) is 4.72. The molecule has 0 saturated heterocycles. The second kappa shape index (κ2) is 7.01. The molecule has 0 bridgehead atoms. The quantitative estimate of drug-likeness (QED) is 0.781. The number of rotatable bonds is 5. The van der Waals surface area contributed by atoms with E-state index in [2.05, 4.69) is 5.32 Å². The molecule has 21 heavy (non-hydrogen) atoms. The number of benzene rings is 2. The third-order valence-corrected chi connectivity index (χ3v) is 3.88. The van der Waals surface area contributed by atoms with Crippen molar-refractivity contribution in [2.24, 2.45) is 0 Å². The van der Waals surface area contributed by atoms with Gasteiger partial charge in [-0.1, -0.05) is 42.8 Å². The first-order chi connectivity index (χ1) is 10.0. The Morgan fingerprint density at radius 1 is 1.14 bits per heavy atom. The molecule has 0 saturated carbocycles. The summed E-state index contributed by atoms with van der Waals surface area (Å²) in [5.74, 6) is -1.79. The van der Waals surface area contributed by atoms with Crippen molar-refractivity contribution < 1.29 is 8.78 Å². The fourth-order valence-electron chi connectivity index (χ4n) is 2.40. The lowest BCUT2D eigenvalue weighted by Crippen LogP contribution is -2.24. The van der Waals surface area contributed by atoms with Crippen LogP contribution in [-0.2, 0) is 6.42 Å². The second-order valence-corrected chi connectivity index (χ2v) is 5.44. The largest absolute Gasteiger partial charge is 0.310 e. The molecule has 1 atom stereocenters. The van der Waals surface area contributed by atoms with Crippen LogP contribution in [0, 0.1) is 18.6 Å². The lowest BCUT2D eigenvalue weighted by Gasteiger charge is -2.21. The van der Waals surface area contributed by atoms with Gasteiger partial charge in [0.25, 0.3) is 0 Å². The summed E-state index contributed by atoms with van der Waals surface area (Å²) in [6.07, 6.45) is 0.672. The van der Waals surface area contributed by atoms with Crippen LogP contribution in [0.1, 0.15) is 29.7 Å². The summed E-state index contributed by atoms with van der Waals surface area (Å²) in [4.78, 5) is 0.